The van der Waals surface area contributed by atoms with Crippen LogP contribution in [-0.4, -0.2) is 26.6 Å². The molecule has 0 bridgehead atoms. The van der Waals surface area contributed by atoms with E-state index in [2.05, 4.69) is 17.0 Å². The van der Waals surface area contributed by atoms with Gasteiger partial charge in [-0.3, -0.25) is 10.1 Å². The van der Waals surface area contributed by atoms with Crippen LogP contribution in [0.3, 0.4) is 0 Å². The molecule has 0 spiro atoms. The number of nitrogens with zero attached hydrogens (tertiary/aromatic N) is 4. The summed E-state index contributed by atoms with van der Waals surface area (Å²) in [6.07, 6.45) is 1.61. The van der Waals surface area contributed by atoms with E-state index < -0.39 is 4.92 Å². The van der Waals surface area contributed by atoms with Gasteiger partial charge in [-0.15, -0.1) is 0 Å². The lowest BCUT2D eigenvalue weighted by Gasteiger charge is -2.01. The van der Waals surface area contributed by atoms with Crippen LogP contribution in [0, 0.1) is 10.1 Å². The molecule has 0 aliphatic heterocycles. The second kappa shape index (κ2) is 6.62. The van der Waals surface area contributed by atoms with Gasteiger partial charge in [0.15, 0.2) is 5.16 Å². The lowest BCUT2D eigenvalue weighted by molar-refractivity contribution is -0.384. The highest BCUT2D eigenvalue weighted by Gasteiger charge is 2.09. The number of fused-ring (bicyclic) bond motifs is 1. The predicted octanol–water partition coefficient (Wildman–Crippen LogP) is 3.94. The van der Waals surface area contributed by atoms with Crippen LogP contribution in [-0.2, 0) is 0 Å². The van der Waals surface area contributed by atoms with Crippen LogP contribution in [0.5, 0.6) is 0 Å². The second-order valence-corrected chi connectivity index (χ2v) is 5.96. The Bertz CT molecular complexity index is 889. The third-order valence-electron chi connectivity index (χ3n) is 3.18. The van der Waals surface area contributed by atoms with Crippen LogP contribution >= 0.6 is 11.8 Å². The molecule has 0 fully saturated rings. The lowest BCUT2D eigenvalue weighted by atomic mass is 10.2. The largest absolute Gasteiger partial charge is 0.270 e. The molecule has 7 heteroatoms. The standard InChI is InChI=1S/C16H14N4O2S/c1-2-23-16-18-14-8-3-4-9-15(14)19(16)17-11-12-6-5-7-13(10-12)20(21)22/h3-11H,2H2,1H3. The third-order valence-corrected chi connectivity index (χ3v) is 4.00. The second-order valence-electron chi connectivity index (χ2n) is 4.72. The molecule has 0 N–H and O–H groups in total. The van der Waals surface area contributed by atoms with E-state index >= 15 is 0 Å². The minimum atomic E-state index is -0.414. The van der Waals surface area contributed by atoms with Gasteiger partial charge in [0, 0.05) is 17.7 Å². The number of rotatable bonds is 5. The first-order valence-corrected chi connectivity index (χ1v) is 8.06. The zero-order valence-corrected chi connectivity index (χ0v) is 13.2. The monoisotopic (exact) mass is 326 g/mol. The highest BCUT2D eigenvalue weighted by atomic mass is 32.2. The van der Waals surface area contributed by atoms with Gasteiger partial charge in [0.25, 0.3) is 5.69 Å². The molecule has 0 amide bonds. The Morgan fingerprint density at radius 1 is 1.30 bits per heavy atom. The Hall–Kier alpha value is -2.67. The topological polar surface area (TPSA) is 73.3 Å². The summed E-state index contributed by atoms with van der Waals surface area (Å²) in [4.78, 5) is 15.0. The van der Waals surface area contributed by atoms with Crippen molar-refractivity contribution >= 4 is 34.7 Å². The van der Waals surface area contributed by atoms with Gasteiger partial charge < -0.3 is 0 Å². The molecule has 1 heterocycles. The van der Waals surface area contributed by atoms with E-state index in [1.807, 2.05) is 24.3 Å². The predicted molar refractivity (Wildman–Crippen MR) is 92.2 cm³/mol. The number of thioether (sulfide) groups is 1. The highest BCUT2D eigenvalue weighted by Crippen LogP contribution is 2.23. The van der Waals surface area contributed by atoms with Crippen LogP contribution in [0.2, 0.25) is 0 Å². The quantitative estimate of drug-likeness (QED) is 0.308. The minimum Gasteiger partial charge on any atom is -0.258 e. The summed E-state index contributed by atoms with van der Waals surface area (Å²) in [7, 11) is 0. The molecule has 3 rings (SSSR count). The van der Waals surface area contributed by atoms with Crippen molar-refractivity contribution in [2.24, 2.45) is 5.10 Å². The van der Waals surface area contributed by atoms with Crippen molar-refractivity contribution in [1.82, 2.24) is 9.66 Å². The van der Waals surface area contributed by atoms with Crippen LogP contribution in [0.15, 0.2) is 58.8 Å². The van der Waals surface area contributed by atoms with Gasteiger partial charge in [-0.2, -0.15) is 5.10 Å². The van der Waals surface area contributed by atoms with Crippen molar-refractivity contribution in [2.75, 3.05) is 5.75 Å². The maximum absolute atomic E-state index is 10.8. The Morgan fingerprint density at radius 2 is 2.13 bits per heavy atom. The molecule has 0 unspecified atom stereocenters. The molecule has 2 aromatic carbocycles. The number of para-hydroxylation sites is 2. The molecule has 0 radical (unpaired) electrons. The number of nitro groups is 1. The molecule has 116 valence electrons. The maximum atomic E-state index is 10.8. The summed E-state index contributed by atoms with van der Waals surface area (Å²) < 4.78 is 1.77. The number of hydrogen-bond acceptors (Lipinski definition) is 5. The van der Waals surface area contributed by atoms with Crippen LogP contribution in [0.25, 0.3) is 11.0 Å². The summed E-state index contributed by atoms with van der Waals surface area (Å²) in [6, 6.07) is 14.1. The Labute approximate surface area is 137 Å². The SMILES string of the molecule is CCSc1nc2ccccc2n1N=Cc1cccc([N+](=O)[O-])c1. The van der Waals surface area contributed by atoms with Crippen molar-refractivity contribution in [1.29, 1.82) is 0 Å². The molecule has 1 aromatic heterocycles. The number of non-ortho nitro benzene ring substituents is 1. The number of nitro benzene ring substituents is 1. The molecule has 6 nitrogen and oxygen atoms in total. The van der Waals surface area contributed by atoms with Gasteiger partial charge >= 0.3 is 0 Å². The fraction of sp³-hybridized carbons (Fsp3) is 0.125. The molecular weight excluding hydrogens is 312 g/mol. The third kappa shape index (κ3) is 3.24. The summed E-state index contributed by atoms with van der Waals surface area (Å²) in [6.45, 7) is 2.05. The van der Waals surface area contributed by atoms with Crippen LogP contribution in [0.1, 0.15) is 12.5 Å². The molecule has 23 heavy (non-hydrogen) atoms. The zero-order valence-electron chi connectivity index (χ0n) is 12.4. The van der Waals surface area contributed by atoms with Crippen molar-refractivity contribution in [3.05, 3.63) is 64.2 Å². The van der Waals surface area contributed by atoms with E-state index in [4.69, 9.17) is 0 Å². The minimum absolute atomic E-state index is 0.0487. The molecule has 0 saturated carbocycles. The first-order chi connectivity index (χ1) is 11.2. The van der Waals surface area contributed by atoms with E-state index in [1.54, 1.807) is 34.8 Å². The highest BCUT2D eigenvalue weighted by molar-refractivity contribution is 7.99. The number of benzene rings is 2. The fourth-order valence-corrected chi connectivity index (χ4v) is 2.86. The molecule has 3 aromatic rings. The first-order valence-electron chi connectivity index (χ1n) is 7.08. The Kier molecular flexibility index (Phi) is 4.38. The summed E-state index contributed by atoms with van der Waals surface area (Å²) >= 11 is 1.60. The molecule has 0 atom stereocenters. The normalized spacial score (nSPS) is 11.3. The van der Waals surface area contributed by atoms with Crippen LogP contribution in [0.4, 0.5) is 5.69 Å². The Balaban J connectivity index is 2.01. The van der Waals surface area contributed by atoms with Crippen molar-refractivity contribution < 1.29 is 4.92 Å². The smallest absolute Gasteiger partial charge is 0.258 e. The van der Waals surface area contributed by atoms with Gasteiger partial charge in [-0.25, -0.2) is 9.66 Å². The van der Waals surface area contributed by atoms with E-state index in [0.717, 1.165) is 21.9 Å². The molecular formula is C16H14N4O2S. The lowest BCUT2D eigenvalue weighted by Crippen LogP contribution is -1.94. The fourth-order valence-electron chi connectivity index (χ4n) is 2.17. The van der Waals surface area contributed by atoms with Gasteiger partial charge in [-0.05, 0) is 17.9 Å². The summed E-state index contributed by atoms with van der Waals surface area (Å²) in [5.74, 6) is 0.885. The molecule has 0 aliphatic rings. The van der Waals surface area contributed by atoms with Crippen molar-refractivity contribution in [3.8, 4) is 0 Å². The van der Waals surface area contributed by atoms with Crippen molar-refractivity contribution in [3.63, 3.8) is 0 Å². The average Bonchev–Trinajstić information content (AvgIpc) is 2.91. The van der Waals surface area contributed by atoms with Crippen LogP contribution < -0.4 is 0 Å². The summed E-state index contributed by atoms with van der Waals surface area (Å²) in [5.41, 5.74) is 2.50. The van der Waals surface area contributed by atoms with Gasteiger partial charge in [0.2, 0.25) is 0 Å². The number of aromatic nitrogens is 2. The number of hydrogen-bond donors (Lipinski definition) is 0. The molecule has 0 aliphatic carbocycles. The van der Waals surface area contributed by atoms with E-state index in [0.29, 0.717) is 5.56 Å². The average molecular weight is 326 g/mol. The summed E-state index contributed by atoms with van der Waals surface area (Å²) in [5, 5.41) is 16.1. The van der Waals surface area contributed by atoms with E-state index in [9.17, 15) is 10.1 Å². The van der Waals surface area contributed by atoms with Gasteiger partial charge in [-0.1, -0.05) is 43.0 Å². The van der Waals surface area contributed by atoms with Crippen molar-refractivity contribution in [2.45, 2.75) is 12.1 Å². The maximum Gasteiger partial charge on any atom is 0.270 e. The van der Waals surface area contributed by atoms with Gasteiger partial charge in [0.1, 0.15) is 0 Å². The Morgan fingerprint density at radius 3 is 2.91 bits per heavy atom. The molecule has 0 saturated heterocycles. The zero-order chi connectivity index (χ0) is 16.2. The van der Waals surface area contributed by atoms with E-state index in [1.165, 1.54) is 12.1 Å². The van der Waals surface area contributed by atoms with Gasteiger partial charge in [0.05, 0.1) is 22.2 Å². The number of imidazole rings is 1. The first kappa shape index (κ1) is 15.2. The van der Waals surface area contributed by atoms with E-state index in [-0.39, 0.29) is 5.69 Å².